The van der Waals surface area contributed by atoms with E-state index < -0.39 is 8.80 Å². The van der Waals surface area contributed by atoms with E-state index in [0.29, 0.717) is 17.0 Å². The molecule has 152 valence electrons. The first-order valence-electron chi connectivity index (χ1n) is 11.1. The van der Waals surface area contributed by atoms with Gasteiger partial charge in [-0.1, -0.05) is 86.1 Å². The van der Waals surface area contributed by atoms with Crippen LogP contribution in [0.2, 0.25) is 18.1 Å². The average molecular weight is 414 g/mol. The third-order valence-electron chi connectivity index (χ3n) is 6.54. The molecule has 0 spiro atoms. The first kappa shape index (κ1) is 20.6. The summed E-state index contributed by atoms with van der Waals surface area (Å²) < 4.78 is 16.1. The van der Waals surface area contributed by atoms with Crippen LogP contribution in [0.4, 0.5) is 4.39 Å². The number of hydrogen-bond acceptors (Lipinski definition) is 1. The van der Waals surface area contributed by atoms with Crippen LogP contribution in [0.15, 0.2) is 66.7 Å². The van der Waals surface area contributed by atoms with Gasteiger partial charge in [-0.3, -0.25) is 0 Å². The Hall–Kier alpha value is -2.70. The first-order valence-corrected chi connectivity index (χ1v) is 13.5. The molecular formula is C27H28FNSi. The highest BCUT2D eigenvalue weighted by atomic mass is 28.3. The molecule has 1 nitrogen and oxygen atoms in total. The Labute approximate surface area is 180 Å². The van der Waals surface area contributed by atoms with Gasteiger partial charge in [-0.25, -0.2) is 4.39 Å². The highest BCUT2D eigenvalue weighted by Gasteiger charge is 2.27. The van der Waals surface area contributed by atoms with Crippen molar-refractivity contribution in [3.8, 4) is 28.3 Å². The minimum absolute atomic E-state index is 0.0818. The molecule has 0 radical (unpaired) electrons. The summed E-state index contributed by atoms with van der Waals surface area (Å²) in [7, 11) is -0.597. The summed E-state index contributed by atoms with van der Waals surface area (Å²) in [5.74, 6) is 0.245. The van der Waals surface area contributed by atoms with Crippen molar-refractivity contribution in [2.24, 2.45) is 0 Å². The number of nitrogens with zero attached hydrogens (tertiary/aromatic N) is 1. The number of benzene rings is 3. The zero-order valence-corrected chi connectivity index (χ0v) is 18.7. The van der Waals surface area contributed by atoms with Crippen molar-refractivity contribution in [3.05, 3.63) is 83.7 Å². The molecule has 1 fully saturated rings. The van der Waals surface area contributed by atoms with Gasteiger partial charge < -0.3 is 0 Å². The van der Waals surface area contributed by atoms with E-state index in [2.05, 4.69) is 19.1 Å². The molecule has 0 saturated carbocycles. The lowest BCUT2D eigenvalue weighted by Crippen LogP contribution is -2.20. The second-order valence-electron chi connectivity index (χ2n) is 8.45. The predicted octanol–water partition coefficient (Wildman–Crippen LogP) is 7.55. The maximum Gasteiger partial charge on any atom is 0.135 e. The van der Waals surface area contributed by atoms with Crippen LogP contribution in [-0.4, -0.2) is 8.80 Å². The van der Waals surface area contributed by atoms with Crippen LogP contribution in [0.5, 0.6) is 0 Å². The topological polar surface area (TPSA) is 23.8 Å². The molecule has 0 bridgehead atoms. The summed E-state index contributed by atoms with van der Waals surface area (Å²) >= 11 is 0. The molecule has 1 aliphatic heterocycles. The third kappa shape index (κ3) is 4.25. The molecule has 1 saturated heterocycles. The molecule has 3 heteroatoms. The Bertz CT molecular complexity index is 1030. The summed E-state index contributed by atoms with van der Waals surface area (Å²) in [6.45, 7) is 2.28. The Balaban J connectivity index is 1.76. The minimum atomic E-state index is -0.597. The van der Waals surface area contributed by atoms with Crippen molar-refractivity contribution < 1.29 is 4.39 Å². The molecule has 0 unspecified atom stereocenters. The van der Waals surface area contributed by atoms with Crippen molar-refractivity contribution in [3.63, 3.8) is 0 Å². The van der Waals surface area contributed by atoms with Crippen LogP contribution in [0.1, 0.15) is 43.2 Å². The van der Waals surface area contributed by atoms with Gasteiger partial charge in [0, 0.05) is 14.4 Å². The van der Waals surface area contributed by atoms with E-state index in [4.69, 9.17) is 5.26 Å². The van der Waals surface area contributed by atoms with Crippen LogP contribution < -0.4 is 0 Å². The van der Waals surface area contributed by atoms with Crippen molar-refractivity contribution >= 4 is 8.80 Å². The lowest BCUT2D eigenvalue weighted by molar-refractivity contribution is 0.546. The largest absolute Gasteiger partial charge is 0.206 e. The zero-order chi connectivity index (χ0) is 20.9. The summed E-state index contributed by atoms with van der Waals surface area (Å²) in [4.78, 5) is 0. The Morgan fingerprint density at radius 1 is 0.933 bits per heavy atom. The maximum absolute atomic E-state index is 16.1. The van der Waals surface area contributed by atoms with Gasteiger partial charge in [0.05, 0.1) is 11.6 Å². The normalized spacial score (nSPS) is 18.7. The molecule has 0 aromatic heterocycles. The third-order valence-corrected chi connectivity index (χ3v) is 10.2. The number of rotatable bonds is 5. The highest BCUT2D eigenvalue weighted by molar-refractivity contribution is 6.59. The second kappa shape index (κ2) is 9.41. The van der Waals surface area contributed by atoms with Gasteiger partial charge in [0.1, 0.15) is 5.82 Å². The molecule has 0 N–H and O–H groups in total. The van der Waals surface area contributed by atoms with E-state index in [0.717, 1.165) is 35.1 Å². The lowest BCUT2D eigenvalue weighted by Gasteiger charge is -2.29. The lowest BCUT2D eigenvalue weighted by atomic mass is 9.86. The predicted molar refractivity (Wildman–Crippen MR) is 126 cm³/mol. The summed E-state index contributed by atoms with van der Waals surface area (Å²) in [6, 6.07) is 27.7. The van der Waals surface area contributed by atoms with E-state index in [-0.39, 0.29) is 5.82 Å². The molecule has 1 aliphatic rings. The number of halogens is 1. The average Bonchev–Trinajstić information content (AvgIpc) is 2.80. The van der Waals surface area contributed by atoms with Crippen LogP contribution >= 0.6 is 0 Å². The van der Waals surface area contributed by atoms with Crippen LogP contribution in [-0.2, 0) is 0 Å². The molecule has 4 rings (SSSR count). The van der Waals surface area contributed by atoms with E-state index in [1.54, 1.807) is 12.1 Å². The van der Waals surface area contributed by atoms with E-state index in [1.165, 1.54) is 24.6 Å². The van der Waals surface area contributed by atoms with Gasteiger partial charge in [-0.2, -0.15) is 5.26 Å². The van der Waals surface area contributed by atoms with Gasteiger partial charge in [-0.15, -0.1) is 0 Å². The summed E-state index contributed by atoms with van der Waals surface area (Å²) in [6.07, 6.45) is 3.56. The van der Waals surface area contributed by atoms with E-state index in [9.17, 15) is 0 Å². The van der Waals surface area contributed by atoms with Crippen molar-refractivity contribution in [1.29, 1.82) is 5.26 Å². The van der Waals surface area contributed by atoms with E-state index >= 15 is 4.39 Å². The molecular weight excluding hydrogens is 385 g/mol. The first-order chi connectivity index (χ1) is 14.7. The maximum atomic E-state index is 16.1. The second-order valence-corrected chi connectivity index (χ2v) is 11.9. The molecule has 30 heavy (non-hydrogen) atoms. The standard InChI is InChI=1S/C27H28FNSi/c1-2-16-30-17-14-22(15-18-30)25-13-12-24(21-6-4-3-5-7-21)26(27(25)28)23-10-8-20(19-29)9-11-23/h3-13,22,30H,2,14-18H2,1H3. The van der Waals surface area contributed by atoms with Gasteiger partial charge in [-0.05, 0) is 53.1 Å². The molecule has 0 amide bonds. The Kier molecular flexibility index (Phi) is 6.45. The molecule has 3 aromatic carbocycles. The number of hydrogen-bond donors (Lipinski definition) is 0. The molecule has 3 aromatic rings. The van der Waals surface area contributed by atoms with Crippen LogP contribution in [0.25, 0.3) is 22.3 Å². The fourth-order valence-corrected chi connectivity index (χ4v) is 8.36. The summed E-state index contributed by atoms with van der Waals surface area (Å²) in [5, 5.41) is 9.14. The molecule has 0 atom stereocenters. The van der Waals surface area contributed by atoms with Gasteiger partial charge in [0.2, 0.25) is 0 Å². The number of nitriles is 1. The van der Waals surface area contributed by atoms with Crippen LogP contribution in [0, 0.1) is 17.1 Å². The highest BCUT2D eigenvalue weighted by Crippen LogP contribution is 2.42. The monoisotopic (exact) mass is 413 g/mol. The minimum Gasteiger partial charge on any atom is -0.206 e. The smallest absolute Gasteiger partial charge is 0.135 e. The quantitative estimate of drug-likeness (QED) is 0.396. The zero-order valence-electron chi connectivity index (χ0n) is 17.6. The summed E-state index contributed by atoms with van der Waals surface area (Å²) in [5.41, 5.74) is 4.89. The van der Waals surface area contributed by atoms with Crippen molar-refractivity contribution in [2.75, 3.05) is 0 Å². The Morgan fingerprint density at radius 3 is 2.27 bits per heavy atom. The van der Waals surface area contributed by atoms with Crippen molar-refractivity contribution in [2.45, 2.75) is 50.2 Å². The van der Waals surface area contributed by atoms with Crippen LogP contribution in [0.3, 0.4) is 0 Å². The fraction of sp³-hybridized carbons (Fsp3) is 0.296. The van der Waals surface area contributed by atoms with E-state index in [1.807, 2.05) is 48.5 Å². The molecule has 0 aliphatic carbocycles. The molecule has 1 heterocycles. The van der Waals surface area contributed by atoms with Gasteiger partial charge >= 0.3 is 0 Å². The Morgan fingerprint density at radius 2 is 1.63 bits per heavy atom. The van der Waals surface area contributed by atoms with Gasteiger partial charge in [0.15, 0.2) is 0 Å². The SMILES string of the molecule is CCC[SiH]1CCC(c2ccc(-c3ccccc3)c(-c3ccc(C#N)cc3)c2F)CC1. The fourth-order valence-electron chi connectivity index (χ4n) is 4.93. The van der Waals surface area contributed by atoms with Gasteiger partial charge in [0.25, 0.3) is 0 Å². The van der Waals surface area contributed by atoms with Crippen molar-refractivity contribution in [1.82, 2.24) is 0 Å².